The Bertz CT molecular complexity index is 870. The van der Waals surface area contributed by atoms with Crippen LogP contribution in [0.5, 0.6) is 11.5 Å². The van der Waals surface area contributed by atoms with Crippen LogP contribution in [0.4, 0.5) is 11.4 Å². The van der Waals surface area contributed by atoms with Crippen LogP contribution in [-0.4, -0.2) is 30.4 Å². The van der Waals surface area contributed by atoms with Crippen molar-refractivity contribution in [2.45, 2.75) is 23.5 Å². The van der Waals surface area contributed by atoms with Crippen molar-refractivity contribution in [3.05, 3.63) is 42.5 Å². The molecule has 2 amide bonds. The molecule has 0 spiro atoms. The van der Waals surface area contributed by atoms with Gasteiger partial charge in [0.05, 0.1) is 5.69 Å². The van der Waals surface area contributed by atoms with Crippen molar-refractivity contribution in [2.24, 2.45) is 0 Å². The molecule has 2 heterocycles. The first-order valence-electron chi connectivity index (χ1n) is 8.36. The summed E-state index contributed by atoms with van der Waals surface area (Å²) < 4.78 is 10.6. The molecule has 7 heteroatoms. The minimum Gasteiger partial charge on any atom is -0.454 e. The maximum atomic E-state index is 12.6. The number of hydrogen-bond donors (Lipinski definition) is 1. The molecule has 2 aliphatic heterocycles. The summed E-state index contributed by atoms with van der Waals surface area (Å²) in [6, 6.07) is 12.9. The molecule has 0 aliphatic carbocycles. The first-order chi connectivity index (χ1) is 12.6. The van der Waals surface area contributed by atoms with E-state index < -0.39 is 0 Å². The summed E-state index contributed by atoms with van der Waals surface area (Å²) in [5.41, 5.74) is 1.39. The summed E-state index contributed by atoms with van der Waals surface area (Å²) in [5, 5.41) is 3.00. The van der Waals surface area contributed by atoms with Gasteiger partial charge in [-0.3, -0.25) is 9.59 Å². The maximum Gasteiger partial charge on any atom is 0.244 e. The van der Waals surface area contributed by atoms with Gasteiger partial charge in [-0.05, 0) is 24.3 Å². The van der Waals surface area contributed by atoms with Crippen molar-refractivity contribution in [2.75, 3.05) is 23.6 Å². The van der Waals surface area contributed by atoms with Gasteiger partial charge in [0, 0.05) is 28.3 Å². The van der Waals surface area contributed by atoms with Crippen molar-refractivity contribution >= 4 is 35.0 Å². The maximum absolute atomic E-state index is 12.6. The van der Waals surface area contributed by atoms with Gasteiger partial charge in [-0.15, -0.1) is 11.8 Å². The molecule has 1 N–H and O–H groups in total. The second kappa shape index (κ2) is 6.92. The summed E-state index contributed by atoms with van der Waals surface area (Å²) in [5.74, 6) is 0.956. The predicted octanol–water partition coefficient (Wildman–Crippen LogP) is 3.27. The highest BCUT2D eigenvalue weighted by atomic mass is 32.2. The van der Waals surface area contributed by atoms with E-state index in [0.717, 1.165) is 10.6 Å². The van der Waals surface area contributed by atoms with E-state index in [9.17, 15) is 9.59 Å². The zero-order chi connectivity index (χ0) is 18.1. The minimum absolute atomic E-state index is 0.0302. The predicted molar refractivity (Wildman–Crippen MR) is 99.9 cm³/mol. The lowest BCUT2D eigenvalue weighted by Gasteiger charge is -2.22. The molecule has 0 bridgehead atoms. The number of para-hydroxylation sites is 1. The fourth-order valence-corrected chi connectivity index (χ4v) is 4.14. The molecule has 0 radical (unpaired) electrons. The number of amides is 2. The van der Waals surface area contributed by atoms with Gasteiger partial charge in [-0.1, -0.05) is 19.1 Å². The number of hydrogen-bond acceptors (Lipinski definition) is 5. The summed E-state index contributed by atoms with van der Waals surface area (Å²) in [6.45, 7) is 2.18. The van der Waals surface area contributed by atoms with Gasteiger partial charge in [-0.2, -0.15) is 0 Å². The van der Waals surface area contributed by atoms with E-state index in [4.69, 9.17) is 9.47 Å². The van der Waals surface area contributed by atoms with Crippen molar-refractivity contribution in [3.63, 3.8) is 0 Å². The van der Waals surface area contributed by atoms with E-state index in [1.54, 1.807) is 34.9 Å². The molecule has 0 aromatic heterocycles. The quantitative estimate of drug-likeness (QED) is 0.898. The van der Waals surface area contributed by atoms with Crippen LogP contribution in [-0.2, 0) is 9.59 Å². The number of nitrogens with one attached hydrogen (secondary N) is 1. The van der Waals surface area contributed by atoms with Gasteiger partial charge in [0.2, 0.25) is 18.6 Å². The molecule has 2 aliphatic rings. The van der Waals surface area contributed by atoms with E-state index in [-0.39, 0.29) is 30.4 Å². The largest absolute Gasteiger partial charge is 0.454 e. The van der Waals surface area contributed by atoms with Crippen LogP contribution in [0.25, 0.3) is 0 Å². The van der Waals surface area contributed by atoms with Crippen LogP contribution < -0.4 is 19.7 Å². The lowest BCUT2D eigenvalue weighted by atomic mass is 10.2. The van der Waals surface area contributed by atoms with Crippen LogP contribution in [0.1, 0.15) is 13.3 Å². The summed E-state index contributed by atoms with van der Waals surface area (Å²) in [4.78, 5) is 27.8. The summed E-state index contributed by atoms with van der Waals surface area (Å²) >= 11 is 1.66. The molecule has 2 aromatic carbocycles. The highest BCUT2D eigenvalue weighted by molar-refractivity contribution is 8.00. The van der Waals surface area contributed by atoms with Crippen molar-refractivity contribution in [1.82, 2.24) is 0 Å². The molecule has 0 saturated carbocycles. The Morgan fingerprint density at radius 3 is 2.92 bits per heavy atom. The lowest BCUT2D eigenvalue weighted by molar-refractivity contribution is -0.121. The summed E-state index contributed by atoms with van der Waals surface area (Å²) in [6.07, 6.45) is 0.399. The standard InChI is InChI=1S/C19H18N2O4S/c1-12-8-19(23)21(14-4-2-3-5-17(14)26-12)10-18(22)20-13-6-7-15-16(9-13)25-11-24-15/h2-7,9,12H,8,10-11H2,1H3,(H,20,22)/t12-/m0/s1. The molecule has 1 atom stereocenters. The Labute approximate surface area is 155 Å². The molecule has 134 valence electrons. The van der Waals surface area contributed by atoms with Crippen LogP contribution in [0.3, 0.4) is 0 Å². The van der Waals surface area contributed by atoms with Crippen LogP contribution in [0, 0.1) is 0 Å². The molecular formula is C19H18N2O4S. The number of carbonyl (C=O) groups is 2. The fourth-order valence-electron chi connectivity index (χ4n) is 3.02. The first kappa shape index (κ1) is 16.8. The fraction of sp³-hybridized carbons (Fsp3) is 0.263. The third-order valence-corrected chi connectivity index (χ3v) is 5.37. The van der Waals surface area contributed by atoms with E-state index in [0.29, 0.717) is 23.6 Å². The van der Waals surface area contributed by atoms with Crippen molar-refractivity contribution in [1.29, 1.82) is 0 Å². The Morgan fingerprint density at radius 2 is 2.04 bits per heavy atom. The van der Waals surface area contributed by atoms with E-state index in [2.05, 4.69) is 5.32 Å². The van der Waals surface area contributed by atoms with Crippen LogP contribution in [0.15, 0.2) is 47.4 Å². The number of carbonyl (C=O) groups excluding carboxylic acids is 2. The number of fused-ring (bicyclic) bond motifs is 2. The molecule has 26 heavy (non-hydrogen) atoms. The Kier molecular flexibility index (Phi) is 4.46. The zero-order valence-corrected chi connectivity index (χ0v) is 15.0. The van der Waals surface area contributed by atoms with Gasteiger partial charge in [0.15, 0.2) is 11.5 Å². The van der Waals surface area contributed by atoms with Crippen LogP contribution >= 0.6 is 11.8 Å². The van der Waals surface area contributed by atoms with E-state index >= 15 is 0 Å². The Balaban J connectivity index is 1.52. The second-order valence-electron chi connectivity index (χ2n) is 6.20. The van der Waals surface area contributed by atoms with Crippen LogP contribution in [0.2, 0.25) is 0 Å². The number of anilines is 2. The number of thioether (sulfide) groups is 1. The molecule has 6 nitrogen and oxygen atoms in total. The van der Waals surface area contributed by atoms with Gasteiger partial charge < -0.3 is 19.7 Å². The average Bonchev–Trinajstić information content (AvgIpc) is 3.03. The highest BCUT2D eigenvalue weighted by Gasteiger charge is 2.27. The van der Waals surface area contributed by atoms with Crippen molar-refractivity contribution in [3.8, 4) is 11.5 Å². The monoisotopic (exact) mass is 370 g/mol. The number of nitrogens with zero attached hydrogens (tertiary/aromatic N) is 1. The molecule has 0 unspecified atom stereocenters. The van der Waals surface area contributed by atoms with Crippen molar-refractivity contribution < 1.29 is 19.1 Å². The van der Waals surface area contributed by atoms with Gasteiger partial charge in [0.1, 0.15) is 6.54 Å². The smallest absolute Gasteiger partial charge is 0.244 e. The summed E-state index contributed by atoms with van der Waals surface area (Å²) in [7, 11) is 0. The minimum atomic E-state index is -0.258. The lowest BCUT2D eigenvalue weighted by Crippen LogP contribution is -2.38. The van der Waals surface area contributed by atoms with Gasteiger partial charge in [0.25, 0.3) is 0 Å². The Hall–Kier alpha value is -2.67. The molecule has 2 aromatic rings. The van der Waals surface area contributed by atoms with E-state index in [1.807, 2.05) is 31.2 Å². The number of benzene rings is 2. The molecule has 0 saturated heterocycles. The SMILES string of the molecule is C[C@H]1CC(=O)N(CC(=O)Nc2ccc3c(c2)OCO3)c2ccccc2S1. The third-order valence-electron chi connectivity index (χ3n) is 4.21. The second-order valence-corrected chi connectivity index (χ2v) is 7.68. The number of rotatable bonds is 3. The topological polar surface area (TPSA) is 67.9 Å². The van der Waals surface area contributed by atoms with E-state index in [1.165, 1.54) is 0 Å². The third kappa shape index (κ3) is 3.35. The normalized spacial score (nSPS) is 18.3. The first-order valence-corrected chi connectivity index (χ1v) is 9.23. The molecule has 0 fully saturated rings. The number of ether oxygens (including phenoxy) is 2. The van der Waals surface area contributed by atoms with Gasteiger partial charge in [-0.25, -0.2) is 0 Å². The highest BCUT2D eigenvalue weighted by Crippen LogP contribution is 2.38. The average molecular weight is 370 g/mol. The Morgan fingerprint density at radius 1 is 1.23 bits per heavy atom. The molecular weight excluding hydrogens is 352 g/mol. The van der Waals surface area contributed by atoms with Gasteiger partial charge >= 0.3 is 0 Å². The molecule has 4 rings (SSSR count). The zero-order valence-electron chi connectivity index (χ0n) is 14.2.